The highest BCUT2D eigenvalue weighted by Gasteiger charge is 2.51. The summed E-state index contributed by atoms with van der Waals surface area (Å²) in [6, 6.07) is 5.78. The summed E-state index contributed by atoms with van der Waals surface area (Å²) in [7, 11) is -0.386. The van der Waals surface area contributed by atoms with Crippen LogP contribution in [-0.2, 0) is 9.31 Å². The number of rotatable bonds is 4. The van der Waals surface area contributed by atoms with Gasteiger partial charge in [-0.3, -0.25) is 0 Å². The Morgan fingerprint density at radius 1 is 1.18 bits per heavy atom. The fourth-order valence-electron chi connectivity index (χ4n) is 2.63. The summed E-state index contributed by atoms with van der Waals surface area (Å²) in [6.07, 6.45) is 3.86. The molecule has 3 nitrogen and oxygen atoms in total. The summed E-state index contributed by atoms with van der Waals surface area (Å²) in [5.74, 6) is 1.44. The minimum atomic E-state index is -0.386. The van der Waals surface area contributed by atoms with Crippen LogP contribution >= 0.6 is 11.6 Å². The van der Waals surface area contributed by atoms with Crippen molar-refractivity contribution in [2.75, 3.05) is 6.61 Å². The second-order valence-corrected chi connectivity index (χ2v) is 7.79. The lowest BCUT2D eigenvalue weighted by molar-refractivity contribution is 0.00578. The number of hydrogen-bond acceptors (Lipinski definition) is 3. The third-order valence-electron chi connectivity index (χ3n) is 5.18. The lowest BCUT2D eigenvalue weighted by Crippen LogP contribution is -2.41. The normalized spacial score (nSPS) is 23.4. The Bertz CT molecular complexity index is 539. The van der Waals surface area contributed by atoms with Crippen LogP contribution in [0.3, 0.4) is 0 Å². The highest BCUT2D eigenvalue weighted by molar-refractivity contribution is 6.62. The van der Waals surface area contributed by atoms with Gasteiger partial charge in [0, 0.05) is 0 Å². The second-order valence-electron chi connectivity index (χ2n) is 7.39. The summed E-state index contributed by atoms with van der Waals surface area (Å²) in [6.45, 7) is 8.94. The average molecular weight is 323 g/mol. The Morgan fingerprint density at radius 3 is 2.32 bits per heavy atom. The molecule has 0 amide bonds. The van der Waals surface area contributed by atoms with E-state index in [9.17, 15) is 0 Å². The SMILES string of the molecule is CC1(C)OB(c2ccc(OCC3CCC3)c(Cl)c2)OC1(C)C. The molecule has 0 radical (unpaired) electrons. The van der Waals surface area contributed by atoms with Crippen LogP contribution in [0.2, 0.25) is 5.02 Å². The minimum absolute atomic E-state index is 0.344. The van der Waals surface area contributed by atoms with Crippen molar-refractivity contribution in [1.82, 2.24) is 0 Å². The van der Waals surface area contributed by atoms with Crippen molar-refractivity contribution in [3.05, 3.63) is 23.2 Å². The van der Waals surface area contributed by atoms with E-state index in [1.54, 1.807) is 0 Å². The molecule has 1 aliphatic heterocycles. The molecule has 0 N–H and O–H groups in total. The first kappa shape index (κ1) is 16.2. The molecule has 120 valence electrons. The molecule has 2 aliphatic rings. The van der Waals surface area contributed by atoms with Gasteiger partial charge < -0.3 is 14.0 Å². The van der Waals surface area contributed by atoms with Gasteiger partial charge in [-0.1, -0.05) is 24.1 Å². The van der Waals surface area contributed by atoms with E-state index < -0.39 is 0 Å². The van der Waals surface area contributed by atoms with Crippen molar-refractivity contribution in [3.8, 4) is 5.75 Å². The van der Waals surface area contributed by atoms with E-state index >= 15 is 0 Å². The number of hydrogen-bond donors (Lipinski definition) is 0. The van der Waals surface area contributed by atoms with Crippen molar-refractivity contribution in [2.24, 2.45) is 5.92 Å². The maximum Gasteiger partial charge on any atom is 0.494 e. The maximum atomic E-state index is 6.36. The van der Waals surface area contributed by atoms with Crippen LogP contribution in [0.5, 0.6) is 5.75 Å². The highest BCUT2D eigenvalue weighted by Crippen LogP contribution is 2.37. The number of halogens is 1. The quantitative estimate of drug-likeness (QED) is 0.789. The highest BCUT2D eigenvalue weighted by atomic mass is 35.5. The van der Waals surface area contributed by atoms with Crippen LogP contribution in [0.1, 0.15) is 47.0 Å². The first-order valence-electron chi connectivity index (χ1n) is 8.06. The third-order valence-corrected chi connectivity index (χ3v) is 5.48. The third kappa shape index (κ3) is 3.01. The molecule has 0 bridgehead atoms. The van der Waals surface area contributed by atoms with E-state index in [-0.39, 0.29) is 18.3 Å². The first-order chi connectivity index (χ1) is 10.3. The maximum absolute atomic E-state index is 6.36. The molecule has 1 heterocycles. The van der Waals surface area contributed by atoms with Crippen molar-refractivity contribution in [3.63, 3.8) is 0 Å². The Hall–Kier alpha value is -0.705. The summed E-state index contributed by atoms with van der Waals surface area (Å²) in [5.41, 5.74) is 0.243. The summed E-state index contributed by atoms with van der Waals surface area (Å²) >= 11 is 6.36. The smallest absolute Gasteiger partial charge is 0.492 e. The first-order valence-corrected chi connectivity index (χ1v) is 8.44. The predicted octanol–water partition coefficient (Wildman–Crippen LogP) is 3.82. The summed E-state index contributed by atoms with van der Waals surface area (Å²) in [5, 5.41) is 0.617. The lowest BCUT2D eigenvalue weighted by atomic mass is 9.79. The Balaban J connectivity index is 1.69. The molecule has 5 heteroatoms. The molecular weight excluding hydrogens is 298 g/mol. The summed E-state index contributed by atoms with van der Waals surface area (Å²) < 4.78 is 17.9. The predicted molar refractivity (Wildman–Crippen MR) is 90.0 cm³/mol. The van der Waals surface area contributed by atoms with Gasteiger partial charge in [0.15, 0.2) is 0 Å². The Labute approximate surface area is 138 Å². The molecule has 1 saturated heterocycles. The molecule has 0 atom stereocenters. The topological polar surface area (TPSA) is 27.7 Å². The molecule has 3 rings (SSSR count). The number of ether oxygens (including phenoxy) is 1. The van der Waals surface area contributed by atoms with E-state index in [4.69, 9.17) is 25.6 Å². The Kier molecular flexibility index (Phi) is 4.21. The molecule has 0 spiro atoms. The molecule has 0 aromatic heterocycles. The van der Waals surface area contributed by atoms with E-state index in [0.29, 0.717) is 10.9 Å². The zero-order chi connectivity index (χ0) is 16.0. The van der Waals surface area contributed by atoms with Crippen LogP contribution in [0, 0.1) is 5.92 Å². The van der Waals surface area contributed by atoms with Crippen LogP contribution in [0.4, 0.5) is 0 Å². The molecule has 0 unspecified atom stereocenters. The standard InChI is InChI=1S/C17H24BClO3/c1-16(2)17(3,4)22-18(21-16)13-8-9-15(14(19)10-13)20-11-12-6-5-7-12/h8-10,12H,5-7,11H2,1-4H3. The number of benzene rings is 1. The largest absolute Gasteiger partial charge is 0.494 e. The van der Waals surface area contributed by atoms with E-state index in [1.807, 2.05) is 45.9 Å². The molecule has 1 aromatic rings. The molecule has 22 heavy (non-hydrogen) atoms. The van der Waals surface area contributed by atoms with E-state index in [0.717, 1.165) is 17.8 Å². The van der Waals surface area contributed by atoms with Gasteiger partial charge in [-0.25, -0.2) is 0 Å². The fourth-order valence-corrected chi connectivity index (χ4v) is 2.87. The lowest BCUT2D eigenvalue weighted by Gasteiger charge is -2.32. The summed E-state index contributed by atoms with van der Waals surface area (Å²) in [4.78, 5) is 0. The molecule has 2 fully saturated rings. The van der Waals surface area contributed by atoms with E-state index in [1.165, 1.54) is 19.3 Å². The zero-order valence-electron chi connectivity index (χ0n) is 13.8. The van der Waals surface area contributed by atoms with Gasteiger partial charge in [0.1, 0.15) is 5.75 Å². The molecule has 1 aliphatic carbocycles. The Morgan fingerprint density at radius 2 is 1.82 bits per heavy atom. The minimum Gasteiger partial charge on any atom is -0.492 e. The van der Waals surface area contributed by atoms with Gasteiger partial charge in [0.2, 0.25) is 0 Å². The molecular formula is C17H24BClO3. The van der Waals surface area contributed by atoms with Crippen LogP contribution in [0.25, 0.3) is 0 Å². The van der Waals surface area contributed by atoms with Gasteiger partial charge in [0.25, 0.3) is 0 Å². The van der Waals surface area contributed by atoms with Crippen molar-refractivity contribution >= 4 is 24.2 Å². The molecule has 1 aromatic carbocycles. The van der Waals surface area contributed by atoms with Gasteiger partial charge in [0.05, 0.1) is 22.8 Å². The average Bonchev–Trinajstić information content (AvgIpc) is 2.58. The van der Waals surface area contributed by atoms with Crippen molar-refractivity contribution < 1.29 is 14.0 Å². The second kappa shape index (κ2) is 5.74. The van der Waals surface area contributed by atoms with Gasteiger partial charge >= 0.3 is 7.12 Å². The van der Waals surface area contributed by atoms with Crippen molar-refractivity contribution in [2.45, 2.75) is 58.2 Å². The monoisotopic (exact) mass is 322 g/mol. The van der Waals surface area contributed by atoms with E-state index in [2.05, 4.69) is 0 Å². The van der Waals surface area contributed by atoms with Gasteiger partial charge in [-0.2, -0.15) is 0 Å². The zero-order valence-corrected chi connectivity index (χ0v) is 14.6. The fraction of sp³-hybridized carbons (Fsp3) is 0.647. The van der Waals surface area contributed by atoms with Gasteiger partial charge in [-0.05, 0) is 64.1 Å². The van der Waals surface area contributed by atoms with Crippen LogP contribution in [0.15, 0.2) is 18.2 Å². The van der Waals surface area contributed by atoms with Crippen LogP contribution in [-0.4, -0.2) is 24.9 Å². The molecule has 1 saturated carbocycles. The van der Waals surface area contributed by atoms with Gasteiger partial charge in [-0.15, -0.1) is 0 Å². The van der Waals surface area contributed by atoms with Crippen LogP contribution < -0.4 is 10.2 Å². The van der Waals surface area contributed by atoms with Crippen molar-refractivity contribution in [1.29, 1.82) is 0 Å².